The number of benzene rings is 1. The highest BCUT2D eigenvalue weighted by Gasteiger charge is 2.21. The van der Waals surface area contributed by atoms with Crippen molar-refractivity contribution in [2.45, 2.75) is 26.1 Å². The fourth-order valence-electron chi connectivity index (χ4n) is 2.47. The molecule has 2 aromatic rings. The summed E-state index contributed by atoms with van der Waals surface area (Å²) in [6.07, 6.45) is 1.67. The monoisotopic (exact) mass is 392 g/mol. The van der Waals surface area contributed by atoms with Crippen LogP contribution in [0, 0.1) is 0 Å². The molecule has 0 radical (unpaired) electrons. The molecule has 8 heteroatoms. The minimum Gasteiger partial charge on any atom is -0.402 e. The third-order valence-electron chi connectivity index (χ3n) is 3.99. The highest BCUT2D eigenvalue weighted by atomic mass is 32.2. The minimum absolute atomic E-state index is 0.272. The minimum atomic E-state index is -0.876. The van der Waals surface area contributed by atoms with Gasteiger partial charge in [-0.1, -0.05) is 24.3 Å². The van der Waals surface area contributed by atoms with E-state index in [2.05, 4.69) is 5.32 Å². The Morgan fingerprint density at radius 2 is 1.73 bits per heavy atom. The quantitative estimate of drug-likeness (QED) is 0.601. The molecule has 1 aromatic carbocycles. The Morgan fingerprint density at radius 1 is 1.15 bits per heavy atom. The molecule has 1 atom stereocenters. The van der Waals surface area contributed by atoms with E-state index in [0.717, 1.165) is 28.0 Å². The number of nitrogens with one attached hydrogen (secondary N) is 1. The van der Waals surface area contributed by atoms with E-state index in [-0.39, 0.29) is 5.91 Å². The number of allylic oxidation sites excluding steroid dienone is 2. The average Bonchev–Trinajstić information content (AvgIpc) is 2.87. The van der Waals surface area contributed by atoms with Gasteiger partial charge < -0.3 is 22.5 Å². The Kier molecular flexibility index (Phi) is 6.44. The molecule has 1 amide bonds. The Morgan fingerprint density at radius 3 is 2.27 bits per heavy atom. The predicted molar refractivity (Wildman–Crippen MR) is 111 cm³/mol. The van der Waals surface area contributed by atoms with Crippen molar-refractivity contribution in [3.05, 3.63) is 51.5 Å². The van der Waals surface area contributed by atoms with E-state index in [9.17, 15) is 9.00 Å². The van der Waals surface area contributed by atoms with Crippen LogP contribution >= 0.6 is 11.3 Å². The summed E-state index contributed by atoms with van der Waals surface area (Å²) in [5, 5.41) is 3.33. The summed E-state index contributed by atoms with van der Waals surface area (Å²) in [4.78, 5) is 12.9. The molecule has 1 aromatic heterocycles. The number of thiophene rings is 1. The number of nitrogen functional groups attached to an aromatic ring is 2. The molecular formula is C18H24N4O2S2. The van der Waals surface area contributed by atoms with Gasteiger partial charge in [0.25, 0.3) is 5.91 Å². The van der Waals surface area contributed by atoms with Crippen LogP contribution in [0.2, 0.25) is 0 Å². The second kappa shape index (κ2) is 8.37. The zero-order valence-electron chi connectivity index (χ0n) is 15.1. The van der Waals surface area contributed by atoms with Gasteiger partial charge in [0.15, 0.2) is 0 Å². The SMILES string of the molecule is C/C(N)=C(\C)c1c(N)sc(C(=O)NCc2ccc(CS(C)=O)cc2)c1N. The second-order valence-corrected chi connectivity index (χ2v) is 8.60. The van der Waals surface area contributed by atoms with Crippen molar-refractivity contribution in [3.8, 4) is 0 Å². The Bertz CT molecular complexity index is 866. The zero-order valence-corrected chi connectivity index (χ0v) is 16.7. The lowest BCUT2D eigenvalue weighted by Crippen LogP contribution is -2.22. The number of carbonyl (C=O) groups excluding carboxylic acids is 1. The molecule has 26 heavy (non-hydrogen) atoms. The topological polar surface area (TPSA) is 124 Å². The first-order valence-electron chi connectivity index (χ1n) is 7.97. The fourth-order valence-corrected chi connectivity index (χ4v) is 4.09. The molecule has 0 aliphatic heterocycles. The largest absolute Gasteiger partial charge is 0.402 e. The molecule has 0 spiro atoms. The van der Waals surface area contributed by atoms with Gasteiger partial charge in [-0.15, -0.1) is 11.3 Å². The number of hydrogen-bond donors (Lipinski definition) is 4. The van der Waals surface area contributed by atoms with Crippen molar-refractivity contribution in [2.24, 2.45) is 5.73 Å². The van der Waals surface area contributed by atoms with Crippen LogP contribution in [0.25, 0.3) is 5.57 Å². The molecule has 140 valence electrons. The van der Waals surface area contributed by atoms with Gasteiger partial charge in [0.05, 0.1) is 10.7 Å². The zero-order chi connectivity index (χ0) is 19.4. The summed E-state index contributed by atoms with van der Waals surface area (Å²) in [5.74, 6) is 0.250. The highest BCUT2D eigenvalue weighted by Crippen LogP contribution is 2.38. The van der Waals surface area contributed by atoms with Gasteiger partial charge in [-0.25, -0.2) is 0 Å². The summed E-state index contributed by atoms with van der Waals surface area (Å²) in [7, 11) is -0.876. The van der Waals surface area contributed by atoms with Crippen LogP contribution in [-0.4, -0.2) is 16.4 Å². The maximum Gasteiger partial charge on any atom is 0.263 e. The van der Waals surface area contributed by atoms with Crippen LogP contribution in [-0.2, 0) is 23.1 Å². The van der Waals surface area contributed by atoms with Gasteiger partial charge in [-0.05, 0) is 30.5 Å². The molecule has 0 saturated carbocycles. The van der Waals surface area contributed by atoms with Crippen LogP contribution in [0.1, 0.15) is 40.2 Å². The summed E-state index contributed by atoms with van der Waals surface area (Å²) < 4.78 is 11.2. The number of hydrogen-bond acceptors (Lipinski definition) is 6. The van der Waals surface area contributed by atoms with Crippen molar-refractivity contribution >= 4 is 44.3 Å². The second-order valence-electron chi connectivity index (χ2n) is 6.11. The molecular weight excluding hydrogens is 368 g/mol. The molecule has 2 rings (SSSR count). The van der Waals surface area contributed by atoms with Gasteiger partial charge in [-0.3, -0.25) is 9.00 Å². The van der Waals surface area contributed by atoms with Gasteiger partial charge in [0, 0.05) is 40.6 Å². The maximum atomic E-state index is 12.5. The summed E-state index contributed by atoms with van der Waals surface area (Å²) in [6, 6.07) is 7.64. The number of rotatable bonds is 6. The van der Waals surface area contributed by atoms with Crippen molar-refractivity contribution in [1.82, 2.24) is 5.32 Å². The number of amides is 1. The fraction of sp³-hybridized carbons (Fsp3) is 0.278. The first kappa shape index (κ1) is 20.0. The van der Waals surface area contributed by atoms with Gasteiger partial charge >= 0.3 is 0 Å². The standard InChI is InChI=1S/C18H24N4O2S2/c1-10(11(2)19)14-15(20)16(25-17(14)21)18(23)22-8-12-4-6-13(7-5-12)9-26(3)24/h4-7H,8-9,19-21H2,1-3H3,(H,22,23)/b11-10-. The Balaban J connectivity index is 2.10. The summed E-state index contributed by atoms with van der Waals surface area (Å²) >= 11 is 1.16. The summed E-state index contributed by atoms with van der Waals surface area (Å²) in [6.45, 7) is 3.96. The van der Waals surface area contributed by atoms with E-state index in [1.165, 1.54) is 0 Å². The molecule has 6 nitrogen and oxygen atoms in total. The number of carbonyl (C=O) groups is 1. The molecule has 7 N–H and O–H groups in total. The number of nitrogens with two attached hydrogens (primary N) is 3. The maximum absolute atomic E-state index is 12.5. The van der Waals surface area contributed by atoms with Gasteiger partial charge in [-0.2, -0.15) is 0 Å². The third-order valence-corrected chi connectivity index (χ3v) is 5.76. The van der Waals surface area contributed by atoms with Gasteiger partial charge in [0.2, 0.25) is 0 Å². The molecule has 0 aliphatic carbocycles. The van der Waals surface area contributed by atoms with E-state index in [4.69, 9.17) is 17.2 Å². The molecule has 0 aliphatic rings. The molecule has 0 saturated heterocycles. The molecule has 0 fully saturated rings. The van der Waals surface area contributed by atoms with Crippen LogP contribution in [0.15, 0.2) is 30.0 Å². The van der Waals surface area contributed by atoms with E-state index in [1.54, 1.807) is 13.2 Å². The molecule has 0 bridgehead atoms. The number of anilines is 2. The van der Waals surface area contributed by atoms with Crippen molar-refractivity contribution in [2.75, 3.05) is 17.7 Å². The van der Waals surface area contributed by atoms with Crippen molar-refractivity contribution in [3.63, 3.8) is 0 Å². The van der Waals surface area contributed by atoms with E-state index < -0.39 is 10.8 Å². The van der Waals surface area contributed by atoms with Crippen LogP contribution < -0.4 is 22.5 Å². The van der Waals surface area contributed by atoms with Crippen LogP contribution in [0.5, 0.6) is 0 Å². The first-order chi connectivity index (χ1) is 12.2. The third kappa shape index (κ3) is 4.64. The lowest BCUT2D eigenvalue weighted by atomic mass is 10.1. The summed E-state index contributed by atoms with van der Waals surface area (Å²) in [5.41, 5.74) is 22.3. The van der Waals surface area contributed by atoms with E-state index in [0.29, 0.717) is 39.1 Å². The van der Waals surface area contributed by atoms with Crippen molar-refractivity contribution < 1.29 is 9.00 Å². The van der Waals surface area contributed by atoms with Gasteiger partial charge in [0.1, 0.15) is 4.88 Å². The predicted octanol–water partition coefficient (Wildman–Crippen LogP) is 2.43. The molecule has 1 unspecified atom stereocenters. The average molecular weight is 393 g/mol. The smallest absolute Gasteiger partial charge is 0.263 e. The highest BCUT2D eigenvalue weighted by molar-refractivity contribution is 7.83. The molecule has 1 heterocycles. The van der Waals surface area contributed by atoms with E-state index in [1.807, 2.05) is 31.2 Å². The van der Waals surface area contributed by atoms with Crippen molar-refractivity contribution in [1.29, 1.82) is 0 Å². The van der Waals surface area contributed by atoms with Crippen LogP contribution in [0.3, 0.4) is 0 Å². The lowest BCUT2D eigenvalue weighted by Gasteiger charge is -2.07. The van der Waals surface area contributed by atoms with Crippen LogP contribution in [0.4, 0.5) is 10.7 Å². The normalized spacial score (nSPS) is 13.2. The lowest BCUT2D eigenvalue weighted by molar-refractivity contribution is 0.0955. The Labute approximate surface area is 159 Å². The van der Waals surface area contributed by atoms with E-state index >= 15 is 0 Å². The Hall–Kier alpha value is -2.32. The first-order valence-corrected chi connectivity index (χ1v) is 10.5.